The fourth-order valence-corrected chi connectivity index (χ4v) is 1.86. The molecule has 0 saturated carbocycles. The summed E-state index contributed by atoms with van der Waals surface area (Å²) in [6.45, 7) is 8.95. The van der Waals surface area contributed by atoms with Gasteiger partial charge in [0.1, 0.15) is 5.75 Å². The molecule has 0 unspecified atom stereocenters. The lowest BCUT2D eigenvalue weighted by Gasteiger charge is -2.19. The Morgan fingerprint density at radius 2 is 2.00 bits per heavy atom. The van der Waals surface area contributed by atoms with E-state index in [1.165, 1.54) is 0 Å². The molecule has 2 aromatic rings. The Morgan fingerprint density at radius 1 is 1.25 bits per heavy atom. The quantitative estimate of drug-likeness (QED) is 0.897. The predicted molar refractivity (Wildman–Crippen MR) is 77.6 cm³/mol. The molecule has 0 spiro atoms. The van der Waals surface area contributed by atoms with Gasteiger partial charge in [-0.05, 0) is 39.8 Å². The number of phenolic OH excluding ortho intramolecular Hbond substituents is 1. The van der Waals surface area contributed by atoms with E-state index in [2.05, 4.69) is 36.3 Å². The zero-order chi connectivity index (χ0) is 14.8. The molecular weight excluding hydrogens is 254 g/mol. The van der Waals surface area contributed by atoms with Crippen LogP contribution in [0.15, 0.2) is 22.6 Å². The fourth-order valence-electron chi connectivity index (χ4n) is 1.86. The van der Waals surface area contributed by atoms with Crippen molar-refractivity contribution in [3.8, 4) is 17.2 Å². The van der Waals surface area contributed by atoms with Gasteiger partial charge in [-0.1, -0.05) is 6.07 Å². The summed E-state index contributed by atoms with van der Waals surface area (Å²) in [5, 5.41) is 21.2. The van der Waals surface area contributed by atoms with Gasteiger partial charge >= 0.3 is 0 Å². The Bertz CT molecular complexity index is 585. The van der Waals surface area contributed by atoms with Crippen molar-refractivity contribution in [3.63, 3.8) is 0 Å². The molecule has 0 amide bonds. The van der Waals surface area contributed by atoms with Gasteiger partial charge in [0.15, 0.2) is 0 Å². The van der Waals surface area contributed by atoms with Gasteiger partial charge in [0, 0.05) is 29.6 Å². The van der Waals surface area contributed by atoms with Crippen molar-refractivity contribution in [1.29, 1.82) is 0 Å². The lowest BCUT2D eigenvalue weighted by molar-refractivity contribution is 0.411. The molecule has 0 atom stereocenters. The first-order valence-corrected chi connectivity index (χ1v) is 6.73. The van der Waals surface area contributed by atoms with Gasteiger partial charge < -0.3 is 14.8 Å². The van der Waals surface area contributed by atoms with Gasteiger partial charge in [-0.15, -0.1) is 10.2 Å². The first-order chi connectivity index (χ1) is 9.37. The van der Waals surface area contributed by atoms with Gasteiger partial charge in [-0.25, -0.2) is 0 Å². The second kappa shape index (κ2) is 5.63. The van der Waals surface area contributed by atoms with E-state index in [9.17, 15) is 5.11 Å². The minimum absolute atomic E-state index is 0.0741. The van der Waals surface area contributed by atoms with Crippen molar-refractivity contribution >= 4 is 0 Å². The topological polar surface area (TPSA) is 71.2 Å². The third-order valence-corrected chi connectivity index (χ3v) is 3.00. The van der Waals surface area contributed by atoms with E-state index in [0.717, 1.165) is 17.7 Å². The molecule has 0 aliphatic carbocycles. The standard InChI is InChI=1S/C15H21N3O2/c1-10-11(6-5-7-12(10)19)14-18-17-13(20-14)8-9-16-15(2,3)4/h5-7,16,19H,8-9H2,1-4H3. The molecule has 1 aromatic carbocycles. The van der Waals surface area contributed by atoms with Crippen LogP contribution in [-0.2, 0) is 6.42 Å². The van der Waals surface area contributed by atoms with E-state index < -0.39 is 0 Å². The van der Waals surface area contributed by atoms with Gasteiger partial charge in [0.25, 0.3) is 0 Å². The molecular formula is C15H21N3O2. The molecule has 1 heterocycles. The van der Waals surface area contributed by atoms with Crippen LogP contribution in [0.4, 0.5) is 0 Å². The van der Waals surface area contributed by atoms with E-state index in [4.69, 9.17) is 4.42 Å². The largest absolute Gasteiger partial charge is 0.508 e. The number of aromatic nitrogens is 2. The van der Waals surface area contributed by atoms with Gasteiger partial charge in [-0.3, -0.25) is 0 Å². The van der Waals surface area contributed by atoms with Gasteiger partial charge in [-0.2, -0.15) is 0 Å². The Kier molecular flexibility index (Phi) is 4.09. The van der Waals surface area contributed by atoms with E-state index in [0.29, 0.717) is 18.2 Å². The van der Waals surface area contributed by atoms with E-state index in [1.807, 2.05) is 13.0 Å². The number of nitrogens with zero attached hydrogens (tertiary/aromatic N) is 2. The first-order valence-electron chi connectivity index (χ1n) is 6.73. The molecule has 5 heteroatoms. The molecule has 0 aliphatic heterocycles. The summed E-state index contributed by atoms with van der Waals surface area (Å²) in [4.78, 5) is 0. The molecule has 5 nitrogen and oxygen atoms in total. The second-order valence-electron chi connectivity index (χ2n) is 5.88. The van der Waals surface area contributed by atoms with Crippen LogP contribution >= 0.6 is 0 Å². The molecule has 1 aromatic heterocycles. The summed E-state index contributed by atoms with van der Waals surface area (Å²) < 4.78 is 5.65. The molecule has 0 bridgehead atoms. The summed E-state index contributed by atoms with van der Waals surface area (Å²) in [5.41, 5.74) is 1.59. The van der Waals surface area contributed by atoms with Gasteiger partial charge in [0.05, 0.1) is 0 Å². The Labute approximate surface area is 119 Å². The monoisotopic (exact) mass is 275 g/mol. The Morgan fingerprint density at radius 3 is 2.70 bits per heavy atom. The summed E-state index contributed by atoms with van der Waals surface area (Å²) in [6.07, 6.45) is 0.683. The van der Waals surface area contributed by atoms with Crippen LogP contribution in [0.2, 0.25) is 0 Å². The van der Waals surface area contributed by atoms with Crippen LogP contribution in [0.1, 0.15) is 32.2 Å². The van der Waals surface area contributed by atoms with Crippen molar-refractivity contribution in [2.24, 2.45) is 0 Å². The minimum atomic E-state index is 0.0741. The number of nitrogens with one attached hydrogen (secondary N) is 1. The molecule has 2 rings (SSSR count). The summed E-state index contributed by atoms with van der Waals surface area (Å²) >= 11 is 0. The zero-order valence-corrected chi connectivity index (χ0v) is 12.4. The third-order valence-electron chi connectivity index (χ3n) is 3.00. The van der Waals surface area contributed by atoms with E-state index in [-0.39, 0.29) is 11.3 Å². The van der Waals surface area contributed by atoms with Crippen molar-refractivity contribution in [2.75, 3.05) is 6.54 Å². The first kappa shape index (κ1) is 14.5. The van der Waals surface area contributed by atoms with Crippen LogP contribution < -0.4 is 5.32 Å². The van der Waals surface area contributed by atoms with Gasteiger partial charge in [0.2, 0.25) is 11.8 Å². The van der Waals surface area contributed by atoms with E-state index in [1.54, 1.807) is 12.1 Å². The summed E-state index contributed by atoms with van der Waals surface area (Å²) in [5.74, 6) is 1.28. The summed E-state index contributed by atoms with van der Waals surface area (Å²) in [7, 11) is 0. The highest BCUT2D eigenvalue weighted by molar-refractivity contribution is 5.61. The highest BCUT2D eigenvalue weighted by Crippen LogP contribution is 2.28. The summed E-state index contributed by atoms with van der Waals surface area (Å²) in [6, 6.07) is 5.27. The minimum Gasteiger partial charge on any atom is -0.508 e. The smallest absolute Gasteiger partial charge is 0.248 e. The molecule has 0 saturated heterocycles. The van der Waals surface area contributed by atoms with Crippen LogP contribution in [0.25, 0.3) is 11.5 Å². The number of phenols is 1. The van der Waals surface area contributed by atoms with Crippen molar-refractivity contribution in [1.82, 2.24) is 15.5 Å². The number of hydrogen-bond acceptors (Lipinski definition) is 5. The maximum Gasteiger partial charge on any atom is 0.248 e. The van der Waals surface area contributed by atoms with Crippen LogP contribution in [0, 0.1) is 6.92 Å². The van der Waals surface area contributed by atoms with Crippen LogP contribution in [0.3, 0.4) is 0 Å². The highest BCUT2D eigenvalue weighted by atomic mass is 16.4. The van der Waals surface area contributed by atoms with Crippen molar-refractivity contribution in [3.05, 3.63) is 29.7 Å². The lowest BCUT2D eigenvalue weighted by Crippen LogP contribution is -2.37. The molecule has 20 heavy (non-hydrogen) atoms. The molecule has 0 fully saturated rings. The zero-order valence-electron chi connectivity index (χ0n) is 12.4. The lowest BCUT2D eigenvalue weighted by atomic mass is 10.1. The third kappa shape index (κ3) is 3.57. The molecule has 2 N–H and O–H groups in total. The van der Waals surface area contributed by atoms with Crippen molar-refractivity contribution < 1.29 is 9.52 Å². The number of benzene rings is 1. The molecule has 0 radical (unpaired) electrons. The normalized spacial score (nSPS) is 11.8. The Hall–Kier alpha value is -1.88. The number of aromatic hydroxyl groups is 1. The van der Waals surface area contributed by atoms with E-state index >= 15 is 0 Å². The Balaban J connectivity index is 2.07. The average Bonchev–Trinajstić information content (AvgIpc) is 2.79. The maximum absolute atomic E-state index is 9.70. The number of hydrogen-bond donors (Lipinski definition) is 2. The predicted octanol–water partition coefficient (Wildman–Crippen LogP) is 2.68. The van der Waals surface area contributed by atoms with Crippen LogP contribution in [-0.4, -0.2) is 27.4 Å². The SMILES string of the molecule is Cc1c(O)cccc1-c1nnc(CCNC(C)(C)C)o1. The molecule has 108 valence electrons. The molecule has 0 aliphatic rings. The highest BCUT2D eigenvalue weighted by Gasteiger charge is 2.13. The van der Waals surface area contributed by atoms with Crippen LogP contribution in [0.5, 0.6) is 5.75 Å². The second-order valence-corrected chi connectivity index (χ2v) is 5.88. The number of rotatable bonds is 4. The average molecular weight is 275 g/mol. The van der Waals surface area contributed by atoms with Crippen molar-refractivity contribution in [2.45, 2.75) is 39.7 Å². The fraction of sp³-hybridized carbons (Fsp3) is 0.467. The maximum atomic E-state index is 9.70.